The van der Waals surface area contributed by atoms with Crippen LogP contribution in [0.5, 0.6) is 0 Å². The van der Waals surface area contributed by atoms with Crippen LogP contribution in [-0.2, 0) is 14.4 Å². The van der Waals surface area contributed by atoms with Gasteiger partial charge in [-0.1, -0.05) is 50.3 Å². The summed E-state index contributed by atoms with van der Waals surface area (Å²) < 4.78 is 0. The number of rotatable bonds is 4. The number of carbonyl (C=O) groups excluding carboxylic acids is 1. The molecule has 4 rings (SSSR count). The first-order valence-electron chi connectivity index (χ1n) is 12.2. The number of benzene rings is 1. The Hall–Kier alpha value is -2.67. The summed E-state index contributed by atoms with van der Waals surface area (Å²) in [7, 11) is 0. The summed E-state index contributed by atoms with van der Waals surface area (Å²) in [6.07, 6.45) is 13.6. The second-order valence-electron chi connectivity index (χ2n) is 9.24. The number of ketones is 1. The number of likely N-dealkylation sites (tertiary alicyclic amines) is 1. The van der Waals surface area contributed by atoms with Crippen LogP contribution in [0.3, 0.4) is 0 Å². The number of anilines is 1. The van der Waals surface area contributed by atoms with E-state index >= 15 is 0 Å². The van der Waals surface area contributed by atoms with Crippen LogP contribution in [-0.4, -0.2) is 64.0 Å². The highest BCUT2D eigenvalue weighted by Crippen LogP contribution is 2.40. The van der Waals surface area contributed by atoms with Crippen LogP contribution >= 0.6 is 0 Å². The van der Waals surface area contributed by atoms with E-state index in [4.69, 9.17) is 10.2 Å². The average Bonchev–Trinajstić information content (AvgIpc) is 3.09. The molecule has 3 fully saturated rings. The molecule has 0 bridgehead atoms. The Morgan fingerprint density at radius 2 is 1.39 bits per heavy atom. The lowest BCUT2D eigenvalue weighted by atomic mass is 9.82. The van der Waals surface area contributed by atoms with Gasteiger partial charge in [0.25, 0.3) is 0 Å². The van der Waals surface area contributed by atoms with Crippen LogP contribution < -0.4 is 4.90 Å². The molecule has 7 nitrogen and oxygen atoms in total. The molecule has 2 aliphatic heterocycles. The number of carboxylic acid groups (broad SMARTS) is 2. The van der Waals surface area contributed by atoms with Gasteiger partial charge < -0.3 is 20.0 Å². The molecule has 2 heterocycles. The number of nitrogens with zero attached hydrogens (tertiary/aromatic N) is 2. The molecule has 0 amide bonds. The van der Waals surface area contributed by atoms with Crippen molar-refractivity contribution in [3.63, 3.8) is 0 Å². The van der Waals surface area contributed by atoms with E-state index in [1.165, 1.54) is 50.6 Å². The van der Waals surface area contributed by atoms with Gasteiger partial charge in [-0.25, -0.2) is 9.59 Å². The highest BCUT2D eigenvalue weighted by Gasteiger charge is 2.50. The molecule has 3 aliphatic rings. The molecule has 0 unspecified atom stereocenters. The summed E-state index contributed by atoms with van der Waals surface area (Å²) in [6.45, 7) is 3.09. The van der Waals surface area contributed by atoms with Crippen molar-refractivity contribution in [1.29, 1.82) is 0 Å². The predicted molar refractivity (Wildman–Crippen MR) is 127 cm³/mol. The summed E-state index contributed by atoms with van der Waals surface area (Å²) in [5.41, 5.74) is 1.01. The Labute approximate surface area is 196 Å². The van der Waals surface area contributed by atoms with Crippen LogP contribution in [0.25, 0.3) is 0 Å². The standard InChI is InChI=1S/C22H32N2O.C4H4O4/c25-21-13-16-24(20-11-7-4-8-12-20)22(21)14-17-23(18-15-22)19-9-5-2-1-3-6-10-19;5-3(6)1-2-4(7)8/h4,7-8,11-12,19H,1-3,5-6,9-10,13-18H2;1-2H,(H,5,6)(H,7,8). The number of hydrogen-bond acceptors (Lipinski definition) is 5. The lowest BCUT2D eigenvalue weighted by Crippen LogP contribution is -2.57. The molecule has 1 saturated carbocycles. The lowest BCUT2D eigenvalue weighted by Gasteiger charge is -2.47. The molecule has 2 N–H and O–H groups in total. The molecular formula is C26H36N2O5. The first-order valence-corrected chi connectivity index (χ1v) is 12.2. The first-order chi connectivity index (χ1) is 15.9. The van der Waals surface area contributed by atoms with E-state index < -0.39 is 11.9 Å². The Bertz CT molecular complexity index is 806. The molecule has 0 radical (unpaired) electrons. The summed E-state index contributed by atoms with van der Waals surface area (Å²) in [6, 6.07) is 11.3. The van der Waals surface area contributed by atoms with Gasteiger partial charge in [0.05, 0.1) is 0 Å². The van der Waals surface area contributed by atoms with Gasteiger partial charge in [0, 0.05) is 49.9 Å². The van der Waals surface area contributed by atoms with Gasteiger partial charge in [0.15, 0.2) is 5.78 Å². The smallest absolute Gasteiger partial charge is 0.328 e. The number of carboxylic acids is 2. The number of para-hydroxylation sites is 1. The fourth-order valence-corrected chi connectivity index (χ4v) is 5.54. The number of hydrogen-bond donors (Lipinski definition) is 2. The minimum Gasteiger partial charge on any atom is -0.478 e. The zero-order valence-electron chi connectivity index (χ0n) is 19.3. The van der Waals surface area contributed by atoms with Crippen molar-refractivity contribution in [1.82, 2.24) is 4.90 Å². The Balaban J connectivity index is 0.000000331. The second kappa shape index (κ2) is 12.0. The second-order valence-corrected chi connectivity index (χ2v) is 9.24. The highest BCUT2D eigenvalue weighted by molar-refractivity contribution is 5.95. The Morgan fingerprint density at radius 3 is 1.94 bits per heavy atom. The number of Topliss-reactive ketones (excluding diaryl/α,β-unsaturated/α-hetero) is 1. The molecule has 0 aromatic heterocycles. The van der Waals surface area contributed by atoms with E-state index in [2.05, 4.69) is 40.1 Å². The van der Waals surface area contributed by atoms with Crippen molar-refractivity contribution < 1.29 is 24.6 Å². The molecule has 1 spiro atoms. The van der Waals surface area contributed by atoms with Crippen LogP contribution in [0.2, 0.25) is 0 Å². The van der Waals surface area contributed by atoms with E-state index in [1.54, 1.807) is 0 Å². The fraction of sp³-hybridized carbons (Fsp3) is 0.577. The third-order valence-electron chi connectivity index (χ3n) is 7.25. The molecule has 180 valence electrons. The fourth-order valence-electron chi connectivity index (χ4n) is 5.54. The highest BCUT2D eigenvalue weighted by atomic mass is 16.4. The minimum absolute atomic E-state index is 0.223. The third kappa shape index (κ3) is 6.67. The maximum Gasteiger partial charge on any atom is 0.328 e. The summed E-state index contributed by atoms with van der Waals surface area (Å²) >= 11 is 0. The zero-order chi connectivity index (χ0) is 23.7. The van der Waals surface area contributed by atoms with Gasteiger partial charge in [-0.15, -0.1) is 0 Å². The third-order valence-corrected chi connectivity index (χ3v) is 7.25. The largest absolute Gasteiger partial charge is 0.478 e. The maximum atomic E-state index is 12.9. The Kier molecular flexibility index (Phi) is 9.06. The van der Waals surface area contributed by atoms with Crippen LogP contribution in [0, 0.1) is 0 Å². The van der Waals surface area contributed by atoms with Crippen LogP contribution in [0.4, 0.5) is 5.69 Å². The molecule has 0 atom stereocenters. The molecule has 33 heavy (non-hydrogen) atoms. The predicted octanol–water partition coefficient (Wildman–Crippen LogP) is 4.13. The van der Waals surface area contributed by atoms with Gasteiger partial charge in [0.2, 0.25) is 0 Å². The zero-order valence-corrected chi connectivity index (χ0v) is 19.3. The SMILES string of the molecule is O=C(O)C=CC(=O)O.O=C1CCN(c2ccccc2)C12CCN(C1CCCCCCC1)CC2. The van der Waals surface area contributed by atoms with Gasteiger partial charge >= 0.3 is 11.9 Å². The van der Waals surface area contributed by atoms with Gasteiger partial charge in [-0.3, -0.25) is 4.79 Å². The summed E-state index contributed by atoms with van der Waals surface area (Å²) in [5.74, 6) is -2.03. The van der Waals surface area contributed by atoms with Gasteiger partial charge in [-0.2, -0.15) is 0 Å². The maximum absolute atomic E-state index is 12.9. The number of carbonyl (C=O) groups is 3. The number of piperidine rings is 1. The summed E-state index contributed by atoms with van der Waals surface area (Å²) in [4.78, 5) is 37.1. The van der Waals surface area contributed by atoms with Crippen molar-refractivity contribution in [3.05, 3.63) is 42.5 Å². The van der Waals surface area contributed by atoms with Crippen LogP contribution in [0.15, 0.2) is 42.5 Å². The quantitative estimate of drug-likeness (QED) is 0.658. The van der Waals surface area contributed by atoms with E-state index in [1.807, 2.05) is 0 Å². The van der Waals surface area contributed by atoms with E-state index in [0.29, 0.717) is 17.9 Å². The van der Waals surface area contributed by atoms with E-state index in [0.717, 1.165) is 44.9 Å². The minimum atomic E-state index is -1.26. The normalized spacial score (nSPS) is 21.9. The molecular weight excluding hydrogens is 420 g/mol. The molecule has 2 saturated heterocycles. The van der Waals surface area contributed by atoms with Crippen molar-refractivity contribution in [2.24, 2.45) is 0 Å². The van der Waals surface area contributed by atoms with E-state index in [9.17, 15) is 14.4 Å². The molecule has 1 aromatic carbocycles. The molecule has 1 aromatic rings. The van der Waals surface area contributed by atoms with Gasteiger partial charge in [-0.05, 0) is 37.8 Å². The summed E-state index contributed by atoms with van der Waals surface area (Å²) in [5, 5.41) is 15.6. The molecule has 1 aliphatic carbocycles. The number of aliphatic carboxylic acids is 2. The van der Waals surface area contributed by atoms with Crippen molar-refractivity contribution >= 4 is 23.4 Å². The average molecular weight is 457 g/mol. The monoisotopic (exact) mass is 456 g/mol. The van der Waals surface area contributed by atoms with Crippen molar-refractivity contribution in [2.75, 3.05) is 24.5 Å². The first kappa shape index (κ1) is 25.0. The lowest BCUT2D eigenvalue weighted by molar-refractivity contribution is -0.134. The van der Waals surface area contributed by atoms with Crippen molar-refractivity contribution in [2.45, 2.75) is 75.8 Å². The van der Waals surface area contributed by atoms with E-state index in [-0.39, 0.29) is 5.54 Å². The van der Waals surface area contributed by atoms with Crippen LogP contribution in [0.1, 0.15) is 64.2 Å². The topological polar surface area (TPSA) is 98.1 Å². The Morgan fingerprint density at radius 1 is 0.848 bits per heavy atom. The van der Waals surface area contributed by atoms with Gasteiger partial charge in [0.1, 0.15) is 5.54 Å². The van der Waals surface area contributed by atoms with Crippen molar-refractivity contribution in [3.8, 4) is 0 Å². The molecule has 7 heteroatoms.